The number of hydrogen-bond donors (Lipinski definition) is 4. The van der Waals surface area contributed by atoms with Crippen LogP contribution >= 0.6 is 28.1 Å². The second-order valence-electron chi connectivity index (χ2n) is 6.43. The molecule has 0 aromatic heterocycles. The predicted octanol–water partition coefficient (Wildman–Crippen LogP) is 3.21. The highest BCUT2D eigenvalue weighted by Crippen LogP contribution is 2.17. The van der Waals surface area contributed by atoms with E-state index in [1.807, 2.05) is 13.8 Å². The Labute approximate surface area is 194 Å². The average molecular weight is 507 g/mol. The molecule has 3 amide bonds. The zero-order valence-corrected chi connectivity index (χ0v) is 19.5. The molecule has 0 aliphatic heterocycles. The SMILES string of the molecule is CCOc1ccc(NC(=O)CCC(=O)NNC(=S)NC(=O)c2ccc(C)c(Br)c2)cc1. The van der Waals surface area contributed by atoms with E-state index in [0.717, 1.165) is 10.0 Å². The van der Waals surface area contributed by atoms with Crippen molar-refractivity contribution >= 4 is 56.7 Å². The number of carbonyl (C=O) groups is 3. The Morgan fingerprint density at radius 1 is 1.00 bits per heavy atom. The van der Waals surface area contributed by atoms with E-state index in [2.05, 4.69) is 37.4 Å². The van der Waals surface area contributed by atoms with Gasteiger partial charge in [-0.25, -0.2) is 0 Å². The first kappa shape index (κ1) is 24.3. The van der Waals surface area contributed by atoms with Crippen molar-refractivity contribution < 1.29 is 19.1 Å². The van der Waals surface area contributed by atoms with Gasteiger partial charge >= 0.3 is 0 Å². The van der Waals surface area contributed by atoms with Crippen molar-refractivity contribution in [2.24, 2.45) is 0 Å². The van der Waals surface area contributed by atoms with Crippen molar-refractivity contribution in [1.29, 1.82) is 0 Å². The van der Waals surface area contributed by atoms with Gasteiger partial charge in [0.05, 0.1) is 6.61 Å². The summed E-state index contributed by atoms with van der Waals surface area (Å²) in [4.78, 5) is 36.1. The number of halogens is 1. The van der Waals surface area contributed by atoms with Crippen LogP contribution in [0.3, 0.4) is 0 Å². The van der Waals surface area contributed by atoms with Gasteiger partial charge in [-0.3, -0.25) is 30.6 Å². The molecule has 0 aliphatic carbocycles. The lowest BCUT2D eigenvalue weighted by Crippen LogP contribution is -2.48. The Bertz CT molecular complexity index is 966. The number of hydrazine groups is 1. The summed E-state index contributed by atoms with van der Waals surface area (Å²) in [6.45, 7) is 4.36. The molecule has 2 aromatic carbocycles. The summed E-state index contributed by atoms with van der Waals surface area (Å²) in [6, 6.07) is 12.1. The highest BCUT2D eigenvalue weighted by Gasteiger charge is 2.11. The van der Waals surface area contributed by atoms with E-state index in [1.54, 1.807) is 42.5 Å². The topological polar surface area (TPSA) is 109 Å². The van der Waals surface area contributed by atoms with Gasteiger partial charge in [0.1, 0.15) is 5.75 Å². The molecule has 0 atom stereocenters. The van der Waals surface area contributed by atoms with Crippen molar-refractivity contribution in [1.82, 2.24) is 16.2 Å². The zero-order chi connectivity index (χ0) is 22.8. The molecule has 0 bridgehead atoms. The normalized spacial score (nSPS) is 10.0. The summed E-state index contributed by atoms with van der Waals surface area (Å²) in [6.07, 6.45) is -0.0748. The van der Waals surface area contributed by atoms with Crippen LogP contribution in [0.4, 0.5) is 5.69 Å². The second-order valence-corrected chi connectivity index (χ2v) is 7.69. The highest BCUT2D eigenvalue weighted by atomic mass is 79.9. The molecule has 2 aromatic rings. The zero-order valence-electron chi connectivity index (χ0n) is 17.1. The van der Waals surface area contributed by atoms with Crippen molar-refractivity contribution in [2.75, 3.05) is 11.9 Å². The molecule has 0 saturated carbocycles. The number of carbonyl (C=O) groups excluding carboxylic acids is 3. The van der Waals surface area contributed by atoms with Crippen LogP contribution < -0.4 is 26.2 Å². The summed E-state index contributed by atoms with van der Waals surface area (Å²) in [5.74, 6) is -0.456. The number of nitrogens with one attached hydrogen (secondary N) is 4. The first-order valence-corrected chi connectivity index (χ1v) is 10.7. The maximum absolute atomic E-state index is 12.2. The third kappa shape index (κ3) is 8.35. The minimum absolute atomic E-state index is 0.0166. The molecular formula is C21H23BrN4O4S. The second kappa shape index (κ2) is 12.0. The van der Waals surface area contributed by atoms with E-state index in [9.17, 15) is 14.4 Å². The minimum atomic E-state index is -0.448. The van der Waals surface area contributed by atoms with Gasteiger partial charge < -0.3 is 10.1 Å². The van der Waals surface area contributed by atoms with E-state index in [1.165, 1.54) is 0 Å². The molecule has 0 spiro atoms. The summed E-state index contributed by atoms with van der Waals surface area (Å²) < 4.78 is 6.14. The summed E-state index contributed by atoms with van der Waals surface area (Å²) >= 11 is 8.37. The van der Waals surface area contributed by atoms with Crippen LogP contribution in [0.2, 0.25) is 0 Å². The molecule has 0 aliphatic rings. The van der Waals surface area contributed by atoms with Crippen LogP contribution in [0.1, 0.15) is 35.7 Å². The van der Waals surface area contributed by atoms with Crippen LogP contribution in [-0.4, -0.2) is 29.4 Å². The quantitative estimate of drug-likeness (QED) is 0.339. The predicted molar refractivity (Wildman–Crippen MR) is 126 cm³/mol. The monoisotopic (exact) mass is 506 g/mol. The first-order chi connectivity index (χ1) is 14.8. The number of ether oxygens (including phenoxy) is 1. The maximum Gasteiger partial charge on any atom is 0.257 e. The Hall–Kier alpha value is -2.98. The Morgan fingerprint density at radius 2 is 1.68 bits per heavy atom. The molecule has 0 radical (unpaired) electrons. The van der Waals surface area contributed by atoms with Crippen molar-refractivity contribution in [3.8, 4) is 5.75 Å². The lowest BCUT2D eigenvalue weighted by atomic mass is 10.1. The Balaban J connectivity index is 1.69. The van der Waals surface area contributed by atoms with Gasteiger partial charge in [0, 0.05) is 28.6 Å². The van der Waals surface area contributed by atoms with Gasteiger partial charge in [-0.1, -0.05) is 22.0 Å². The number of thiocarbonyl (C=S) groups is 1. The lowest BCUT2D eigenvalue weighted by molar-refractivity contribution is -0.124. The van der Waals surface area contributed by atoms with Crippen molar-refractivity contribution in [3.05, 3.63) is 58.1 Å². The molecule has 8 nitrogen and oxygen atoms in total. The third-order valence-electron chi connectivity index (χ3n) is 4.00. The molecule has 10 heteroatoms. The summed E-state index contributed by atoms with van der Waals surface area (Å²) in [7, 11) is 0. The van der Waals surface area contributed by atoms with Gasteiger partial charge in [-0.15, -0.1) is 0 Å². The van der Waals surface area contributed by atoms with Crippen LogP contribution in [0.5, 0.6) is 5.75 Å². The van der Waals surface area contributed by atoms with Gasteiger partial charge in [0.15, 0.2) is 5.11 Å². The number of hydrogen-bond acceptors (Lipinski definition) is 5. The first-order valence-electron chi connectivity index (χ1n) is 9.47. The van der Waals surface area contributed by atoms with Crippen LogP contribution in [0.15, 0.2) is 46.9 Å². The third-order valence-corrected chi connectivity index (χ3v) is 5.06. The van der Waals surface area contributed by atoms with E-state index in [4.69, 9.17) is 17.0 Å². The Kier molecular flexibility index (Phi) is 9.41. The fourth-order valence-corrected chi connectivity index (χ4v) is 2.90. The molecule has 164 valence electrons. The highest BCUT2D eigenvalue weighted by molar-refractivity contribution is 9.10. The smallest absolute Gasteiger partial charge is 0.257 e. The fraction of sp³-hybridized carbons (Fsp3) is 0.238. The maximum atomic E-state index is 12.2. The van der Waals surface area contributed by atoms with E-state index >= 15 is 0 Å². The standard InChI is InChI=1S/C21H23BrN4O4S/c1-3-30-16-8-6-15(7-9-16)23-18(27)10-11-19(28)25-26-21(31)24-20(29)14-5-4-13(2)17(22)12-14/h4-9,12H,3,10-11H2,1-2H3,(H,23,27)(H,25,28)(H2,24,26,29,31). The molecule has 0 fully saturated rings. The summed E-state index contributed by atoms with van der Waals surface area (Å²) in [5.41, 5.74) is 6.82. The fourth-order valence-electron chi connectivity index (χ4n) is 2.38. The van der Waals surface area contributed by atoms with Gasteiger partial charge in [0.2, 0.25) is 11.8 Å². The van der Waals surface area contributed by atoms with Crippen LogP contribution in [0, 0.1) is 6.92 Å². The molecule has 0 heterocycles. The molecule has 0 unspecified atom stereocenters. The number of anilines is 1. The van der Waals surface area contributed by atoms with E-state index < -0.39 is 11.8 Å². The van der Waals surface area contributed by atoms with Crippen molar-refractivity contribution in [3.63, 3.8) is 0 Å². The minimum Gasteiger partial charge on any atom is -0.494 e. The molecule has 31 heavy (non-hydrogen) atoms. The van der Waals surface area contributed by atoms with Crippen LogP contribution in [0.25, 0.3) is 0 Å². The lowest BCUT2D eigenvalue weighted by Gasteiger charge is -2.11. The Morgan fingerprint density at radius 3 is 2.32 bits per heavy atom. The van der Waals surface area contributed by atoms with Gasteiger partial charge in [0.25, 0.3) is 5.91 Å². The largest absolute Gasteiger partial charge is 0.494 e. The molecular weight excluding hydrogens is 484 g/mol. The number of aryl methyl sites for hydroxylation is 1. The molecule has 4 N–H and O–H groups in total. The molecule has 2 rings (SSSR count). The molecule has 0 saturated heterocycles. The van der Waals surface area contributed by atoms with E-state index in [-0.39, 0.29) is 23.9 Å². The number of amides is 3. The van der Waals surface area contributed by atoms with E-state index in [0.29, 0.717) is 23.6 Å². The van der Waals surface area contributed by atoms with Crippen molar-refractivity contribution in [2.45, 2.75) is 26.7 Å². The number of rotatable bonds is 7. The van der Waals surface area contributed by atoms with Crippen LogP contribution in [-0.2, 0) is 9.59 Å². The van der Waals surface area contributed by atoms with Gasteiger partial charge in [-0.05, 0) is 68.0 Å². The average Bonchev–Trinajstić information content (AvgIpc) is 2.74. The van der Waals surface area contributed by atoms with Gasteiger partial charge in [-0.2, -0.15) is 0 Å². The summed E-state index contributed by atoms with van der Waals surface area (Å²) in [5, 5.41) is 5.11. The number of benzene rings is 2.